The molecule has 2 aliphatic rings. The van der Waals surface area contributed by atoms with Crippen LogP contribution in [0.1, 0.15) is 6.42 Å². The summed E-state index contributed by atoms with van der Waals surface area (Å²) in [5.41, 5.74) is 0. The maximum absolute atomic E-state index is 12.0. The third kappa shape index (κ3) is 2.82. The number of nitrogens with zero attached hydrogens (tertiary/aromatic N) is 1. The van der Waals surface area contributed by atoms with Crippen LogP contribution in [0.2, 0.25) is 0 Å². The Bertz CT molecular complexity index is 284. The smallest absolute Gasteiger partial charge is 0.218 e. The van der Waals surface area contributed by atoms with Crippen molar-refractivity contribution in [3.05, 3.63) is 0 Å². The number of morpholine rings is 1. The molecular formula is C8H17ClN2O3S. The summed E-state index contributed by atoms with van der Waals surface area (Å²) in [5, 5.41) is 2.86. The van der Waals surface area contributed by atoms with E-state index in [2.05, 4.69) is 5.32 Å². The lowest BCUT2D eigenvalue weighted by molar-refractivity contribution is 0.0726. The van der Waals surface area contributed by atoms with Crippen LogP contribution < -0.4 is 5.32 Å². The van der Waals surface area contributed by atoms with Crippen LogP contribution >= 0.6 is 12.4 Å². The normalized spacial score (nSPS) is 28.7. The first kappa shape index (κ1) is 13.2. The molecule has 2 heterocycles. The van der Waals surface area contributed by atoms with E-state index in [9.17, 15) is 8.42 Å². The van der Waals surface area contributed by atoms with E-state index >= 15 is 0 Å². The lowest BCUT2D eigenvalue weighted by atomic mass is 10.4. The van der Waals surface area contributed by atoms with Crippen LogP contribution in [-0.2, 0) is 14.8 Å². The molecule has 0 amide bonds. The van der Waals surface area contributed by atoms with E-state index in [0.29, 0.717) is 32.8 Å². The van der Waals surface area contributed by atoms with Crippen molar-refractivity contribution in [2.24, 2.45) is 0 Å². The first-order valence-corrected chi connectivity index (χ1v) is 6.49. The van der Waals surface area contributed by atoms with Crippen molar-refractivity contribution in [3.8, 4) is 0 Å². The van der Waals surface area contributed by atoms with Crippen molar-refractivity contribution >= 4 is 22.4 Å². The maximum atomic E-state index is 12.0. The van der Waals surface area contributed by atoms with Gasteiger partial charge in [0.2, 0.25) is 10.0 Å². The van der Waals surface area contributed by atoms with Gasteiger partial charge in [0.1, 0.15) is 0 Å². The van der Waals surface area contributed by atoms with E-state index in [1.165, 1.54) is 0 Å². The minimum Gasteiger partial charge on any atom is -0.379 e. The van der Waals surface area contributed by atoms with Crippen LogP contribution in [-0.4, -0.2) is 57.4 Å². The Morgan fingerprint density at radius 1 is 1.27 bits per heavy atom. The highest BCUT2D eigenvalue weighted by atomic mass is 35.5. The fourth-order valence-corrected chi connectivity index (χ4v) is 3.72. The number of hydrogen-bond acceptors (Lipinski definition) is 4. The molecule has 0 aromatic heterocycles. The van der Waals surface area contributed by atoms with Gasteiger partial charge in [-0.2, -0.15) is 4.31 Å². The number of ether oxygens (including phenoxy) is 1. The van der Waals surface area contributed by atoms with Gasteiger partial charge in [-0.25, -0.2) is 8.42 Å². The van der Waals surface area contributed by atoms with E-state index in [-0.39, 0.29) is 17.7 Å². The summed E-state index contributed by atoms with van der Waals surface area (Å²) in [4.78, 5) is 0. The molecule has 5 nitrogen and oxygen atoms in total. The molecule has 0 aromatic carbocycles. The summed E-state index contributed by atoms with van der Waals surface area (Å²) in [5.74, 6) is 0. The zero-order valence-electron chi connectivity index (χ0n) is 8.52. The molecule has 1 atom stereocenters. The minimum atomic E-state index is -3.07. The lowest BCUT2D eigenvalue weighted by Crippen LogP contribution is -2.45. The van der Waals surface area contributed by atoms with Crippen molar-refractivity contribution in [2.75, 3.05) is 39.4 Å². The molecule has 2 saturated heterocycles. The molecule has 0 aliphatic carbocycles. The summed E-state index contributed by atoms with van der Waals surface area (Å²) in [6.07, 6.45) is 0.736. The summed E-state index contributed by atoms with van der Waals surface area (Å²) in [6, 6.07) is 0. The maximum Gasteiger partial charge on any atom is 0.218 e. The molecular weight excluding hydrogens is 240 g/mol. The van der Waals surface area contributed by atoms with Crippen molar-refractivity contribution in [1.29, 1.82) is 0 Å². The molecule has 0 saturated carbocycles. The fraction of sp³-hybridized carbons (Fsp3) is 1.00. The number of nitrogens with one attached hydrogen (secondary N) is 1. The van der Waals surface area contributed by atoms with Crippen LogP contribution in [0.3, 0.4) is 0 Å². The van der Waals surface area contributed by atoms with E-state index in [1.54, 1.807) is 4.31 Å². The average Bonchev–Trinajstić information content (AvgIpc) is 2.72. The van der Waals surface area contributed by atoms with Gasteiger partial charge < -0.3 is 10.1 Å². The molecule has 0 aromatic rings. The molecule has 0 bridgehead atoms. The Morgan fingerprint density at radius 3 is 2.47 bits per heavy atom. The molecule has 1 N–H and O–H groups in total. The summed E-state index contributed by atoms with van der Waals surface area (Å²) < 4.78 is 30.7. The third-order valence-electron chi connectivity index (χ3n) is 2.77. The van der Waals surface area contributed by atoms with Crippen LogP contribution in [0.5, 0.6) is 0 Å². The van der Waals surface area contributed by atoms with Crippen molar-refractivity contribution < 1.29 is 13.2 Å². The van der Waals surface area contributed by atoms with Crippen LogP contribution in [0, 0.1) is 0 Å². The van der Waals surface area contributed by atoms with Gasteiger partial charge in [-0.15, -0.1) is 12.4 Å². The molecule has 2 rings (SSSR count). The highest BCUT2D eigenvalue weighted by Gasteiger charge is 2.34. The fourth-order valence-electron chi connectivity index (χ4n) is 1.89. The zero-order chi connectivity index (χ0) is 10.0. The van der Waals surface area contributed by atoms with Crippen LogP contribution in [0.4, 0.5) is 0 Å². The molecule has 90 valence electrons. The predicted molar refractivity (Wildman–Crippen MR) is 59.8 cm³/mol. The highest BCUT2D eigenvalue weighted by Crippen LogP contribution is 2.16. The summed E-state index contributed by atoms with van der Waals surface area (Å²) >= 11 is 0. The van der Waals surface area contributed by atoms with Gasteiger partial charge in [0.25, 0.3) is 0 Å². The number of hydrogen-bond donors (Lipinski definition) is 1. The molecule has 15 heavy (non-hydrogen) atoms. The van der Waals surface area contributed by atoms with E-state index in [1.807, 2.05) is 0 Å². The van der Waals surface area contributed by atoms with Crippen LogP contribution in [0.15, 0.2) is 0 Å². The van der Waals surface area contributed by atoms with E-state index in [0.717, 1.165) is 13.0 Å². The Hall–Kier alpha value is 0.120. The van der Waals surface area contributed by atoms with Gasteiger partial charge in [0, 0.05) is 19.6 Å². The SMILES string of the molecule is Cl.O=S(=O)(C1CCNC1)N1CCOCC1. The molecule has 2 aliphatic heterocycles. The van der Waals surface area contributed by atoms with Gasteiger partial charge in [-0.1, -0.05) is 0 Å². The quantitative estimate of drug-likeness (QED) is 0.719. The average molecular weight is 257 g/mol. The van der Waals surface area contributed by atoms with Gasteiger partial charge in [0.15, 0.2) is 0 Å². The minimum absolute atomic E-state index is 0. The zero-order valence-corrected chi connectivity index (χ0v) is 10.1. The second-order valence-electron chi connectivity index (χ2n) is 3.67. The van der Waals surface area contributed by atoms with E-state index in [4.69, 9.17) is 4.74 Å². The van der Waals surface area contributed by atoms with Gasteiger partial charge in [-0.05, 0) is 13.0 Å². The van der Waals surface area contributed by atoms with Crippen molar-refractivity contribution in [3.63, 3.8) is 0 Å². The first-order chi connectivity index (χ1) is 6.71. The summed E-state index contributed by atoms with van der Waals surface area (Å²) in [7, 11) is -3.07. The highest BCUT2D eigenvalue weighted by molar-refractivity contribution is 7.89. The van der Waals surface area contributed by atoms with Crippen LogP contribution in [0.25, 0.3) is 0 Å². The molecule has 2 fully saturated rings. The topological polar surface area (TPSA) is 58.6 Å². The second kappa shape index (κ2) is 5.45. The van der Waals surface area contributed by atoms with E-state index < -0.39 is 10.0 Å². The molecule has 0 spiro atoms. The number of sulfonamides is 1. The van der Waals surface area contributed by atoms with Crippen molar-refractivity contribution in [2.45, 2.75) is 11.7 Å². The second-order valence-corrected chi connectivity index (χ2v) is 5.88. The Kier molecular flexibility index (Phi) is 4.79. The molecule has 0 radical (unpaired) electrons. The Balaban J connectivity index is 0.00000112. The van der Waals surface area contributed by atoms with Gasteiger partial charge in [-0.3, -0.25) is 0 Å². The number of rotatable bonds is 2. The van der Waals surface area contributed by atoms with Crippen molar-refractivity contribution in [1.82, 2.24) is 9.62 Å². The Morgan fingerprint density at radius 2 is 1.93 bits per heavy atom. The standard InChI is InChI=1S/C8H16N2O3S.ClH/c11-14(12,8-1-2-9-7-8)10-3-5-13-6-4-10;/h8-9H,1-7H2;1H. The molecule has 1 unspecified atom stereocenters. The predicted octanol–water partition coefficient (Wildman–Crippen LogP) is -0.568. The molecule has 7 heteroatoms. The lowest BCUT2D eigenvalue weighted by Gasteiger charge is -2.28. The third-order valence-corrected chi connectivity index (χ3v) is 5.10. The Labute approximate surface area is 96.6 Å². The number of halogens is 1. The monoisotopic (exact) mass is 256 g/mol. The van der Waals surface area contributed by atoms with Gasteiger partial charge in [0.05, 0.1) is 18.5 Å². The summed E-state index contributed by atoms with van der Waals surface area (Å²) in [6.45, 7) is 3.49. The first-order valence-electron chi connectivity index (χ1n) is 4.99. The van der Waals surface area contributed by atoms with Gasteiger partial charge >= 0.3 is 0 Å². The largest absolute Gasteiger partial charge is 0.379 e.